The predicted molar refractivity (Wildman–Crippen MR) is 59.9 cm³/mol. The first-order chi connectivity index (χ1) is 6.77. The van der Waals surface area contributed by atoms with Crippen molar-refractivity contribution in [1.82, 2.24) is 0 Å². The molecule has 0 heterocycles. The van der Waals surface area contributed by atoms with E-state index in [1.165, 1.54) is 0 Å². The first-order valence-electron chi connectivity index (χ1n) is 4.30. The minimum absolute atomic E-state index is 0.584. The number of benzene rings is 1. The van der Waals surface area contributed by atoms with Crippen molar-refractivity contribution in [3.05, 3.63) is 35.4 Å². The highest BCUT2D eigenvalue weighted by Gasteiger charge is 1.97. The van der Waals surface area contributed by atoms with E-state index in [0.717, 1.165) is 12.0 Å². The van der Waals surface area contributed by atoms with E-state index in [0.29, 0.717) is 17.1 Å². The van der Waals surface area contributed by atoms with Crippen LogP contribution >= 0.6 is 11.6 Å². The summed E-state index contributed by atoms with van der Waals surface area (Å²) in [4.78, 5) is 0. The summed E-state index contributed by atoms with van der Waals surface area (Å²) in [5, 5.41) is 8.82. The Morgan fingerprint density at radius 1 is 1.50 bits per heavy atom. The van der Waals surface area contributed by atoms with E-state index in [4.69, 9.17) is 22.6 Å². The Hall–Kier alpha value is -1.46. The van der Waals surface area contributed by atoms with Gasteiger partial charge < -0.3 is 5.73 Å². The Labute approximate surface area is 88.6 Å². The lowest BCUT2D eigenvalue weighted by Gasteiger charge is -1.99. The number of hydrogen-bond donors (Lipinski definition) is 1. The molecule has 1 rings (SSSR count). The molecule has 0 aromatic heterocycles. The van der Waals surface area contributed by atoms with Crippen molar-refractivity contribution >= 4 is 23.4 Å². The van der Waals surface area contributed by atoms with Crippen LogP contribution in [-0.4, -0.2) is 5.88 Å². The molecule has 0 radical (unpaired) electrons. The van der Waals surface area contributed by atoms with E-state index in [2.05, 4.69) is 6.07 Å². The summed E-state index contributed by atoms with van der Waals surface area (Å²) in [6.45, 7) is 0. The average molecular weight is 207 g/mol. The number of nitriles is 1. The van der Waals surface area contributed by atoms with Crippen molar-refractivity contribution in [3.63, 3.8) is 0 Å². The van der Waals surface area contributed by atoms with Crippen LogP contribution in [0.2, 0.25) is 0 Å². The van der Waals surface area contributed by atoms with Crippen molar-refractivity contribution in [2.75, 3.05) is 11.6 Å². The Kier molecular flexibility index (Phi) is 4.03. The molecule has 0 amide bonds. The summed E-state index contributed by atoms with van der Waals surface area (Å²) in [6.07, 6.45) is 4.60. The number of nitrogens with two attached hydrogens (primary N) is 1. The fourth-order valence-corrected chi connectivity index (χ4v) is 1.22. The molecule has 0 atom stereocenters. The molecule has 0 spiro atoms. The maximum absolute atomic E-state index is 8.82. The number of nitrogen functional groups attached to an aromatic ring is 1. The lowest BCUT2D eigenvalue weighted by atomic mass is 10.1. The summed E-state index contributed by atoms with van der Waals surface area (Å²) in [6, 6.07) is 7.33. The van der Waals surface area contributed by atoms with Crippen molar-refractivity contribution in [3.8, 4) is 6.07 Å². The molecule has 0 bridgehead atoms. The highest BCUT2D eigenvalue weighted by molar-refractivity contribution is 6.17. The predicted octanol–water partition coefficient (Wildman–Crippen LogP) is 2.78. The van der Waals surface area contributed by atoms with Crippen LogP contribution in [-0.2, 0) is 0 Å². The van der Waals surface area contributed by atoms with Crippen LogP contribution in [0.25, 0.3) is 6.08 Å². The topological polar surface area (TPSA) is 49.8 Å². The van der Waals surface area contributed by atoms with Crippen LogP contribution in [0.15, 0.2) is 24.3 Å². The normalized spacial score (nSPS) is 10.3. The molecule has 1 aromatic rings. The molecule has 0 saturated carbocycles. The standard InChI is InChI=1S/C11H11ClN2/c12-6-2-1-3-9-7-11(14)5-4-10(9)8-13/h1,3-5,7H,2,6,14H2. The van der Waals surface area contributed by atoms with Crippen molar-refractivity contribution in [2.45, 2.75) is 6.42 Å². The zero-order chi connectivity index (χ0) is 10.4. The lowest BCUT2D eigenvalue weighted by Crippen LogP contribution is -1.88. The van der Waals surface area contributed by atoms with Gasteiger partial charge in [-0.15, -0.1) is 11.6 Å². The van der Waals surface area contributed by atoms with Gasteiger partial charge in [0.25, 0.3) is 0 Å². The lowest BCUT2D eigenvalue weighted by molar-refractivity contribution is 1.24. The van der Waals surface area contributed by atoms with Crippen LogP contribution < -0.4 is 5.73 Å². The Balaban J connectivity index is 2.94. The van der Waals surface area contributed by atoms with Crippen LogP contribution in [0.5, 0.6) is 0 Å². The number of nitrogens with zero attached hydrogens (tertiary/aromatic N) is 1. The zero-order valence-corrected chi connectivity index (χ0v) is 8.46. The van der Waals surface area contributed by atoms with Crippen molar-refractivity contribution in [1.29, 1.82) is 5.26 Å². The molecule has 14 heavy (non-hydrogen) atoms. The maximum Gasteiger partial charge on any atom is 0.0997 e. The van der Waals surface area contributed by atoms with Gasteiger partial charge in [0, 0.05) is 11.6 Å². The van der Waals surface area contributed by atoms with E-state index in [1.807, 2.05) is 12.2 Å². The van der Waals surface area contributed by atoms with E-state index in [9.17, 15) is 0 Å². The van der Waals surface area contributed by atoms with Gasteiger partial charge in [0.15, 0.2) is 0 Å². The van der Waals surface area contributed by atoms with Gasteiger partial charge >= 0.3 is 0 Å². The molecule has 1 aromatic carbocycles. The number of rotatable bonds is 3. The van der Waals surface area contributed by atoms with Gasteiger partial charge in [-0.3, -0.25) is 0 Å². The summed E-state index contributed by atoms with van der Waals surface area (Å²) in [5.41, 5.74) is 7.75. The van der Waals surface area contributed by atoms with Gasteiger partial charge in [-0.05, 0) is 30.2 Å². The fourth-order valence-electron chi connectivity index (χ4n) is 1.09. The number of alkyl halides is 1. The Bertz CT molecular complexity index is 377. The van der Waals surface area contributed by atoms with E-state index in [1.54, 1.807) is 18.2 Å². The molecular weight excluding hydrogens is 196 g/mol. The van der Waals surface area contributed by atoms with E-state index < -0.39 is 0 Å². The first-order valence-corrected chi connectivity index (χ1v) is 4.83. The third kappa shape index (κ3) is 2.79. The minimum Gasteiger partial charge on any atom is -0.399 e. The molecule has 2 N–H and O–H groups in total. The second kappa shape index (κ2) is 5.31. The molecule has 0 aliphatic heterocycles. The largest absolute Gasteiger partial charge is 0.399 e. The maximum atomic E-state index is 8.82. The SMILES string of the molecule is N#Cc1ccc(N)cc1C=CCCCl. The van der Waals surface area contributed by atoms with E-state index in [-0.39, 0.29) is 0 Å². The number of halogens is 1. The third-order valence-electron chi connectivity index (χ3n) is 1.77. The quantitative estimate of drug-likeness (QED) is 0.611. The first kappa shape index (κ1) is 10.6. The van der Waals surface area contributed by atoms with Crippen molar-refractivity contribution < 1.29 is 0 Å². The summed E-state index contributed by atoms with van der Waals surface area (Å²) >= 11 is 5.53. The number of hydrogen-bond acceptors (Lipinski definition) is 2. The fraction of sp³-hybridized carbons (Fsp3) is 0.182. The molecule has 0 aliphatic rings. The minimum atomic E-state index is 0.584. The van der Waals surface area contributed by atoms with Gasteiger partial charge in [-0.1, -0.05) is 12.2 Å². The summed E-state index contributed by atoms with van der Waals surface area (Å²) in [7, 11) is 0. The Morgan fingerprint density at radius 3 is 2.93 bits per heavy atom. The smallest absolute Gasteiger partial charge is 0.0997 e. The van der Waals surface area contributed by atoms with Crippen LogP contribution in [0.3, 0.4) is 0 Å². The van der Waals surface area contributed by atoms with Crippen LogP contribution in [0.1, 0.15) is 17.5 Å². The second-order valence-electron chi connectivity index (χ2n) is 2.84. The highest BCUT2D eigenvalue weighted by Crippen LogP contribution is 2.14. The van der Waals surface area contributed by atoms with Gasteiger partial charge in [0.05, 0.1) is 11.6 Å². The molecule has 0 unspecified atom stereocenters. The average Bonchev–Trinajstić information content (AvgIpc) is 2.19. The molecule has 0 aliphatic carbocycles. The summed E-state index contributed by atoms with van der Waals surface area (Å²) in [5.74, 6) is 0.584. The molecular formula is C11H11ClN2. The number of anilines is 1. The van der Waals surface area contributed by atoms with E-state index >= 15 is 0 Å². The molecule has 0 fully saturated rings. The molecule has 3 heteroatoms. The zero-order valence-electron chi connectivity index (χ0n) is 7.70. The van der Waals surface area contributed by atoms with Gasteiger partial charge in [-0.2, -0.15) is 5.26 Å². The molecule has 72 valence electrons. The van der Waals surface area contributed by atoms with Gasteiger partial charge in [0.1, 0.15) is 0 Å². The molecule has 0 saturated heterocycles. The third-order valence-corrected chi connectivity index (χ3v) is 1.99. The van der Waals surface area contributed by atoms with Crippen LogP contribution in [0, 0.1) is 11.3 Å². The van der Waals surface area contributed by atoms with Gasteiger partial charge in [0.2, 0.25) is 0 Å². The molecule has 2 nitrogen and oxygen atoms in total. The van der Waals surface area contributed by atoms with Crippen molar-refractivity contribution in [2.24, 2.45) is 0 Å². The van der Waals surface area contributed by atoms with Gasteiger partial charge in [-0.25, -0.2) is 0 Å². The summed E-state index contributed by atoms with van der Waals surface area (Å²) < 4.78 is 0. The Morgan fingerprint density at radius 2 is 2.29 bits per heavy atom. The second-order valence-corrected chi connectivity index (χ2v) is 3.22. The monoisotopic (exact) mass is 206 g/mol. The van der Waals surface area contributed by atoms with Crippen LogP contribution in [0.4, 0.5) is 5.69 Å². The highest BCUT2D eigenvalue weighted by atomic mass is 35.5. The number of allylic oxidation sites excluding steroid dienone is 1.